The van der Waals surface area contributed by atoms with Crippen molar-refractivity contribution in [1.82, 2.24) is 39.8 Å². The summed E-state index contributed by atoms with van der Waals surface area (Å²) in [5, 5.41) is 16.6. The molecule has 26 heavy (non-hydrogen) atoms. The fraction of sp³-hybridized carbons (Fsp3) is 0.778. The summed E-state index contributed by atoms with van der Waals surface area (Å²) in [6, 6.07) is 1.38. The molecule has 0 N–H and O–H groups in total. The van der Waals surface area contributed by atoms with Gasteiger partial charge in [0.1, 0.15) is 0 Å². The van der Waals surface area contributed by atoms with E-state index in [0.717, 1.165) is 50.4 Å². The zero-order chi connectivity index (χ0) is 17.9. The van der Waals surface area contributed by atoms with Crippen LogP contribution in [0.1, 0.15) is 37.1 Å². The highest BCUT2D eigenvalue weighted by Gasteiger charge is 2.37. The van der Waals surface area contributed by atoms with Crippen LogP contribution in [0.4, 0.5) is 0 Å². The van der Waals surface area contributed by atoms with Crippen LogP contribution in [0.15, 0.2) is 12.4 Å². The van der Waals surface area contributed by atoms with E-state index in [-0.39, 0.29) is 0 Å². The monoisotopic (exact) mass is 358 g/mol. The van der Waals surface area contributed by atoms with E-state index in [4.69, 9.17) is 0 Å². The fourth-order valence-electron chi connectivity index (χ4n) is 4.62. The van der Waals surface area contributed by atoms with Crippen LogP contribution in [0.25, 0.3) is 0 Å². The van der Waals surface area contributed by atoms with E-state index in [0.29, 0.717) is 12.1 Å². The van der Waals surface area contributed by atoms with Gasteiger partial charge in [0.15, 0.2) is 0 Å². The van der Waals surface area contributed by atoms with E-state index in [9.17, 15) is 0 Å². The summed E-state index contributed by atoms with van der Waals surface area (Å²) < 4.78 is 3.59. The Morgan fingerprint density at radius 2 is 1.27 bits per heavy atom. The molecule has 0 spiro atoms. The van der Waals surface area contributed by atoms with Gasteiger partial charge in [-0.1, -0.05) is 23.3 Å². The SMILES string of the molecule is Cn1cc(CCN2CCN(CCc3cn(C)nn3)[C@@H]3CCCC[C@H]32)nn1. The van der Waals surface area contributed by atoms with Gasteiger partial charge in [-0.3, -0.25) is 19.2 Å². The summed E-state index contributed by atoms with van der Waals surface area (Å²) >= 11 is 0. The second-order valence-corrected chi connectivity index (χ2v) is 7.76. The summed E-state index contributed by atoms with van der Waals surface area (Å²) in [5.41, 5.74) is 2.20. The minimum atomic E-state index is 0.691. The van der Waals surface area contributed by atoms with Gasteiger partial charge in [0.05, 0.1) is 11.4 Å². The Bertz CT molecular complexity index is 647. The molecule has 0 aromatic carbocycles. The molecule has 0 radical (unpaired) electrons. The van der Waals surface area contributed by atoms with Crippen molar-refractivity contribution in [2.75, 3.05) is 26.2 Å². The minimum absolute atomic E-state index is 0.691. The fourth-order valence-corrected chi connectivity index (χ4v) is 4.62. The molecule has 0 unspecified atom stereocenters. The van der Waals surface area contributed by atoms with Gasteiger partial charge in [-0.25, -0.2) is 0 Å². The Morgan fingerprint density at radius 3 is 1.65 bits per heavy atom. The van der Waals surface area contributed by atoms with Gasteiger partial charge in [-0.15, -0.1) is 10.2 Å². The number of aryl methyl sites for hydroxylation is 2. The van der Waals surface area contributed by atoms with Crippen LogP contribution in [0, 0.1) is 0 Å². The van der Waals surface area contributed by atoms with Crippen LogP contribution < -0.4 is 0 Å². The zero-order valence-corrected chi connectivity index (χ0v) is 16.0. The Balaban J connectivity index is 1.35. The number of piperazine rings is 1. The van der Waals surface area contributed by atoms with Gasteiger partial charge in [0.2, 0.25) is 0 Å². The van der Waals surface area contributed by atoms with Gasteiger partial charge in [-0.2, -0.15) is 0 Å². The highest BCUT2D eigenvalue weighted by atomic mass is 15.4. The molecule has 8 nitrogen and oxygen atoms in total. The third-order valence-electron chi connectivity index (χ3n) is 5.92. The molecule has 8 heteroatoms. The second-order valence-electron chi connectivity index (χ2n) is 7.76. The van der Waals surface area contributed by atoms with Gasteiger partial charge >= 0.3 is 0 Å². The molecular weight excluding hydrogens is 328 g/mol. The molecule has 2 aliphatic rings. The number of nitrogens with zero attached hydrogens (tertiary/aromatic N) is 8. The summed E-state index contributed by atoms with van der Waals surface area (Å²) in [7, 11) is 3.87. The predicted molar refractivity (Wildman–Crippen MR) is 98.6 cm³/mol. The number of hydrogen-bond acceptors (Lipinski definition) is 6. The topological polar surface area (TPSA) is 67.9 Å². The molecule has 1 aliphatic heterocycles. The maximum atomic E-state index is 4.25. The minimum Gasteiger partial charge on any atom is -0.297 e. The van der Waals surface area contributed by atoms with Crippen LogP contribution in [0.2, 0.25) is 0 Å². The van der Waals surface area contributed by atoms with E-state index in [2.05, 4.69) is 30.4 Å². The molecular formula is C18H30N8. The highest BCUT2D eigenvalue weighted by molar-refractivity contribution is 4.99. The summed E-state index contributed by atoms with van der Waals surface area (Å²) in [6.45, 7) is 4.50. The van der Waals surface area contributed by atoms with E-state index in [1.54, 1.807) is 9.36 Å². The Labute approximate surface area is 155 Å². The largest absolute Gasteiger partial charge is 0.297 e. The number of rotatable bonds is 6. The average molecular weight is 358 g/mol. The average Bonchev–Trinajstić information content (AvgIpc) is 3.26. The maximum Gasteiger partial charge on any atom is 0.0839 e. The summed E-state index contributed by atoms with van der Waals surface area (Å²) in [5.74, 6) is 0. The Kier molecular flexibility index (Phi) is 5.31. The number of aromatic nitrogens is 6. The van der Waals surface area contributed by atoms with Crippen LogP contribution in [0.5, 0.6) is 0 Å². The predicted octanol–water partition coefficient (Wildman–Crippen LogP) is 0.658. The quantitative estimate of drug-likeness (QED) is 0.756. The first kappa shape index (κ1) is 17.6. The number of fused-ring (bicyclic) bond motifs is 1. The standard InChI is InChI=1S/C18H30N8/c1-23-13-15(19-21-23)7-9-25-11-12-26(18-6-4-3-5-17(18)25)10-8-16-14-24(2)22-20-16/h13-14,17-18H,3-12H2,1-2H3/t17-,18-/m1/s1. The first-order valence-corrected chi connectivity index (χ1v) is 9.87. The van der Waals surface area contributed by atoms with E-state index in [1.807, 2.05) is 26.5 Å². The van der Waals surface area contributed by atoms with Crippen molar-refractivity contribution >= 4 is 0 Å². The third-order valence-corrected chi connectivity index (χ3v) is 5.92. The lowest BCUT2D eigenvalue weighted by Crippen LogP contribution is -2.61. The van der Waals surface area contributed by atoms with E-state index >= 15 is 0 Å². The second kappa shape index (κ2) is 7.84. The van der Waals surface area contributed by atoms with Crippen molar-refractivity contribution in [3.63, 3.8) is 0 Å². The third kappa shape index (κ3) is 3.96. The summed E-state index contributed by atoms with van der Waals surface area (Å²) in [4.78, 5) is 5.41. The van der Waals surface area contributed by atoms with Crippen molar-refractivity contribution in [3.8, 4) is 0 Å². The van der Waals surface area contributed by atoms with E-state index in [1.165, 1.54) is 25.7 Å². The lowest BCUT2D eigenvalue weighted by molar-refractivity contribution is -0.00297. The molecule has 142 valence electrons. The van der Waals surface area contributed by atoms with Crippen molar-refractivity contribution in [1.29, 1.82) is 0 Å². The molecule has 1 saturated heterocycles. The molecule has 2 fully saturated rings. The van der Waals surface area contributed by atoms with Crippen LogP contribution >= 0.6 is 0 Å². The van der Waals surface area contributed by atoms with Gasteiger partial charge in [0.25, 0.3) is 0 Å². The zero-order valence-electron chi connectivity index (χ0n) is 16.0. The summed E-state index contributed by atoms with van der Waals surface area (Å²) in [6.07, 6.45) is 11.4. The molecule has 0 bridgehead atoms. The lowest BCUT2D eigenvalue weighted by Gasteiger charge is -2.50. The van der Waals surface area contributed by atoms with Crippen LogP contribution in [0.3, 0.4) is 0 Å². The van der Waals surface area contributed by atoms with Gasteiger partial charge in [0, 0.05) is 77.6 Å². The van der Waals surface area contributed by atoms with Crippen LogP contribution in [-0.2, 0) is 26.9 Å². The molecule has 0 amide bonds. The molecule has 2 atom stereocenters. The molecule has 2 aromatic rings. The normalized spacial score (nSPS) is 24.7. The molecule has 2 aromatic heterocycles. The molecule has 1 aliphatic carbocycles. The first-order chi connectivity index (χ1) is 12.7. The van der Waals surface area contributed by atoms with Gasteiger partial charge in [-0.05, 0) is 12.8 Å². The van der Waals surface area contributed by atoms with Crippen molar-refractivity contribution < 1.29 is 0 Å². The smallest absolute Gasteiger partial charge is 0.0839 e. The lowest BCUT2D eigenvalue weighted by atomic mass is 9.86. The molecule has 4 rings (SSSR count). The van der Waals surface area contributed by atoms with Crippen molar-refractivity contribution in [3.05, 3.63) is 23.8 Å². The highest BCUT2D eigenvalue weighted by Crippen LogP contribution is 2.30. The van der Waals surface area contributed by atoms with E-state index < -0.39 is 0 Å². The van der Waals surface area contributed by atoms with Gasteiger partial charge < -0.3 is 0 Å². The maximum absolute atomic E-state index is 4.25. The Morgan fingerprint density at radius 1 is 0.808 bits per heavy atom. The van der Waals surface area contributed by atoms with Crippen LogP contribution in [-0.4, -0.2) is 78.1 Å². The molecule has 3 heterocycles. The van der Waals surface area contributed by atoms with Crippen molar-refractivity contribution in [2.24, 2.45) is 14.1 Å². The first-order valence-electron chi connectivity index (χ1n) is 9.87. The number of hydrogen-bond donors (Lipinski definition) is 0. The van der Waals surface area contributed by atoms with Crippen molar-refractivity contribution in [2.45, 2.75) is 50.6 Å². The molecule has 1 saturated carbocycles. The Hall–Kier alpha value is -1.80.